The number of amides is 1. The van der Waals surface area contributed by atoms with E-state index in [4.69, 9.17) is 32.5 Å². The zero-order valence-corrected chi connectivity index (χ0v) is 14.8. The number of ether oxygens (including phenoxy) is 1. The highest BCUT2D eigenvalue weighted by Gasteiger charge is 2.21. The van der Waals surface area contributed by atoms with Gasteiger partial charge in [0.05, 0.1) is 10.6 Å². The van der Waals surface area contributed by atoms with Crippen molar-refractivity contribution in [3.05, 3.63) is 75.6 Å². The number of anilines is 1. The first kappa shape index (κ1) is 17.3. The summed E-state index contributed by atoms with van der Waals surface area (Å²) in [6.07, 6.45) is 0. The fraction of sp³-hybridized carbons (Fsp3) is 0.111. The van der Waals surface area contributed by atoms with Gasteiger partial charge >= 0.3 is 0 Å². The molecule has 7 heteroatoms. The average molecular weight is 377 g/mol. The lowest BCUT2D eigenvalue weighted by Gasteiger charge is -2.08. The van der Waals surface area contributed by atoms with Crippen LogP contribution in [0.15, 0.2) is 53.1 Å². The van der Waals surface area contributed by atoms with Crippen LogP contribution in [0.2, 0.25) is 10.0 Å². The van der Waals surface area contributed by atoms with Crippen molar-refractivity contribution >= 4 is 34.8 Å². The number of nitrogens with one attached hydrogen (secondary N) is 1. The molecule has 0 fully saturated rings. The Labute approximate surface area is 154 Å². The number of hydrogen-bond acceptors (Lipinski definition) is 4. The third-order valence-corrected chi connectivity index (χ3v) is 4.04. The van der Waals surface area contributed by atoms with Crippen LogP contribution in [0.4, 0.5) is 5.69 Å². The number of nitrogens with zero attached hydrogens (tertiary/aromatic N) is 1. The predicted octanol–water partition coefficient (Wildman–Crippen LogP) is 5.12. The molecule has 0 unspecified atom stereocenters. The predicted molar refractivity (Wildman–Crippen MR) is 96.4 cm³/mol. The lowest BCUT2D eigenvalue weighted by molar-refractivity contribution is 0.101. The van der Waals surface area contributed by atoms with Gasteiger partial charge in [-0.25, -0.2) is 0 Å². The van der Waals surface area contributed by atoms with Gasteiger partial charge in [-0.05, 0) is 37.3 Å². The molecule has 3 rings (SSSR count). The summed E-state index contributed by atoms with van der Waals surface area (Å²) < 4.78 is 10.8. The lowest BCUT2D eigenvalue weighted by atomic mass is 10.2. The molecule has 1 aromatic heterocycles. The minimum atomic E-state index is -0.406. The third-order valence-electron chi connectivity index (χ3n) is 3.49. The van der Waals surface area contributed by atoms with E-state index in [2.05, 4.69) is 10.5 Å². The van der Waals surface area contributed by atoms with Crippen LogP contribution in [-0.2, 0) is 6.61 Å². The monoisotopic (exact) mass is 376 g/mol. The number of carbonyl (C=O) groups is 1. The molecule has 25 heavy (non-hydrogen) atoms. The van der Waals surface area contributed by atoms with Crippen LogP contribution in [0.3, 0.4) is 0 Å². The maximum atomic E-state index is 12.5. The lowest BCUT2D eigenvalue weighted by Crippen LogP contribution is -2.15. The normalized spacial score (nSPS) is 10.5. The van der Waals surface area contributed by atoms with Crippen molar-refractivity contribution in [3.8, 4) is 5.75 Å². The molecule has 0 bridgehead atoms. The molecular formula is C18H14Cl2N2O3. The van der Waals surface area contributed by atoms with Gasteiger partial charge in [-0.2, -0.15) is 0 Å². The molecule has 0 saturated carbocycles. The van der Waals surface area contributed by atoms with E-state index < -0.39 is 5.91 Å². The van der Waals surface area contributed by atoms with Crippen LogP contribution in [0, 0.1) is 6.92 Å². The first-order valence-corrected chi connectivity index (χ1v) is 8.19. The van der Waals surface area contributed by atoms with Gasteiger partial charge < -0.3 is 14.6 Å². The molecule has 5 nitrogen and oxygen atoms in total. The second-order valence-electron chi connectivity index (χ2n) is 5.25. The fourth-order valence-corrected chi connectivity index (χ4v) is 2.59. The number of para-hydroxylation sites is 1. The van der Waals surface area contributed by atoms with Crippen LogP contribution in [0.5, 0.6) is 5.75 Å². The Bertz CT molecular complexity index is 909. The molecule has 1 amide bonds. The van der Waals surface area contributed by atoms with Crippen molar-refractivity contribution in [2.75, 3.05) is 5.32 Å². The quantitative estimate of drug-likeness (QED) is 0.670. The summed E-state index contributed by atoms with van der Waals surface area (Å²) in [5.41, 5.74) is 1.28. The Hall–Kier alpha value is -2.50. The van der Waals surface area contributed by atoms with E-state index in [9.17, 15) is 4.79 Å². The zero-order valence-electron chi connectivity index (χ0n) is 13.3. The summed E-state index contributed by atoms with van der Waals surface area (Å²) in [5.74, 6) is 0.617. The highest BCUT2D eigenvalue weighted by Crippen LogP contribution is 2.25. The molecule has 128 valence electrons. The minimum absolute atomic E-state index is 0.108. The maximum absolute atomic E-state index is 12.5. The van der Waals surface area contributed by atoms with Gasteiger partial charge in [-0.1, -0.05) is 46.6 Å². The van der Waals surface area contributed by atoms with E-state index in [1.165, 1.54) is 0 Å². The molecule has 0 spiro atoms. The van der Waals surface area contributed by atoms with Crippen LogP contribution in [0.1, 0.15) is 21.8 Å². The number of carbonyl (C=O) groups excluding carboxylic acids is 1. The van der Waals surface area contributed by atoms with Crippen molar-refractivity contribution < 1.29 is 14.1 Å². The van der Waals surface area contributed by atoms with E-state index in [0.29, 0.717) is 32.8 Å². The number of hydrogen-bond donors (Lipinski definition) is 1. The van der Waals surface area contributed by atoms with Gasteiger partial charge in [-0.3, -0.25) is 4.79 Å². The summed E-state index contributed by atoms with van der Waals surface area (Å²) in [7, 11) is 0. The summed E-state index contributed by atoms with van der Waals surface area (Å²) in [6, 6.07) is 13.9. The Morgan fingerprint density at radius 1 is 1.20 bits per heavy atom. The highest BCUT2D eigenvalue weighted by molar-refractivity contribution is 6.32. The van der Waals surface area contributed by atoms with Crippen molar-refractivity contribution in [2.24, 2.45) is 0 Å². The van der Waals surface area contributed by atoms with Crippen molar-refractivity contribution in [1.82, 2.24) is 5.16 Å². The minimum Gasteiger partial charge on any atom is -0.487 e. The maximum Gasteiger partial charge on any atom is 0.278 e. The van der Waals surface area contributed by atoms with E-state index in [1.54, 1.807) is 43.3 Å². The molecule has 1 N–H and O–H groups in total. The van der Waals surface area contributed by atoms with Gasteiger partial charge in [0.15, 0.2) is 5.69 Å². The Morgan fingerprint density at radius 2 is 2.00 bits per heavy atom. The molecule has 0 saturated heterocycles. The molecule has 0 aliphatic rings. The molecule has 3 aromatic rings. The number of halogens is 2. The molecular weight excluding hydrogens is 363 g/mol. The first-order valence-electron chi connectivity index (χ1n) is 7.44. The van der Waals surface area contributed by atoms with Gasteiger partial charge in [-0.15, -0.1) is 0 Å². The zero-order chi connectivity index (χ0) is 17.8. The summed E-state index contributed by atoms with van der Waals surface area (Å²) >= 11 is 12.0. The van der Waals surface area contributed by atoms with Crippen molar-refractivity contribution in [3.63, 3.8) is 0 Å². The second kappa shape index (κ2) is 7.59. The smallest absolute Gasteiger partial charge is 0.278 e. The van der Waals surface area contributed by atoms with E-state index in [1.807, 2.05) is 12.1 Å². The highest BCUT2D eigenvalue weighted by atomic mass is 35.5. The fourth-order valence-electron chi connectivity index (χ4n) is 2.21. The second-order valence-corrected chi connectivity index (χ2v) is 6.09. The molecule has 0 aliphatic carbocycles. The number of aryl methyl sites for hydroxylation is 1. The number of aromatic nitrogens is 1. The number of benzene rings is 2. The Balaban J connectivity index is 1.77. The summed E-state index contributed by atoms with van der Waals surface area (Å²) in [6.45, 7) is 1.83. The summed E-state index contributed by atoms with van der Waals surface area (Å²) in [5, 5.41) is 7.58. The Morgan fingerprint density at radius 3 is 2.76 bits per heavy atom. The molecule has 0 aliphatic heterocycles. The van der Waals surface area contributed by atoms with E-state index in [-0.39, 0.29) is 12.3 Å². The van der Waals surface area contributed by atoms with Gasteiger partial charge in [0, 0.05) is 10.7 Å². The molecule has 0 atom stereocenters. The molecule has 1 heterocycles. The van der Waals surface area contributed by atoms with Crippen LogP contribution in [0.25, 0.3) is 0 Å². The van der Waals surface area contributed by atoms with Crippen molar-refractivity contribution in [2.45, 2.75) is 13.5 Å². The van der Waals surface area contributed by atoms with Gasteiger partial charge in [0.1, 0.15) is 18.1 Å². The number of rotatable bonds is 5. The molecule has 2 aromatic carbocycles. The van der Waals surface area contributed by atoms with Crippen LogP contribution < -0.4 is 10.1 Å². The van der Waals surface area contributed by atoms with Crippen LogP contribution >= 0.6 is 23.2 Å². The SMILES string of the molecule is Cc1onc(C(=O)Nc2cccc(Cl)c2)c1COc1ccccc1Cl. The first-order chi connectivity index (χ1) is 12.0. The van der Waals surface area contributed by atoms with Crippen LogP contribution in [-0.4, -0.2) is 11.1 Å². The third kappa shape index (κ3) is 4.13. The van der Waals surface area contributed by atoms with Gasteiger partial charge in [0.2, 0.25) is 0 Å². The Kier molecular flexibility index (Phi) is 5.26. The topological polar surface area (TPSA) is 64.4 Å². The van der Waals surface area contributed by atoms with Gasteiger partial charge in [0.25, 0.3) is 5.91 Å². The largest absolute Gasteiger partial charge is 0.487 e. The molecule has 0 radical (unpaired) electrons. The van der Waals surface area contributed by atoms with E-state index in [0.717, 1.165) is 0 Å². The summed E-state index contributed by atoms with van der Waals surface area (Å²) in [4.78, 5) is 12.5. The van der Waals surface area contributed by atoms with Crippen molar-refractivity contribution in [1.29, 1.82) is 0 Å². The van der Waals surface area contributed by atoms with E-state index >= 15 is 0 Å². The average Bonchev–Trinajstić information content (AvgIpc) is 2.95. The standard InChI is InChI=1S/C18H14Cl2N2O3/c1-11-14(10-24-16-8-3-2-7-15(16)20)17(22-25-11)18(23)21-13-6-4-5-12(19)9-13/h2-9H,10H2,1H3,(H,21,23).